The Bertz CT molecular complexity index is 1080. The van der Waals surface area contributed by atoms with Gasteiger partial charge in [-0.2, -0.15) is 9.61 Å². The van der Waals surface area contributed by atoms with E-state index in [9.17, 15) is 0 Å². The monoisotopic (exact) mass is 318 g/mol. The zero-order valence-corrected chi connectivity index (χ0v) is 11.8. The Hall–Kier alpha value is -2.51. The first-order valence-electron chi connectivity index (χ1n) is 7.82. The van der Waals surface area contributed by atoms with E-state index in [1.54, 1.807) is 0 Å². The van der Waals surface area contributed by atoms with E-state index < -0.39 is 7.04 Å². The summed E-state index contributed by atoms with van der Waals surface area (Å²) in [5.74, 6) is 0.571. The summed E-state index contributed by atoms with van der Waals surface area (Å²) >= 11 is 6.24. The summed E-state index contributed by atoms with van der Waals surface area (Å²) in [6, 6.07) is 8.97. The molecule has 0 N–H and O–H groups in total. The summed E-state index contributed by atoms with van der Waals surface area (Å²) in [5, 5.41) is 18.3. The molecule has 0 atom stereocenters. The fourth-order valence-corrected chi connectivity index (χ4v) is 2.50. The number of hydrogen-bond acceptors (Lipinski definition) is 6. The Morgan fingerprint density at radius 3 is 3.05 bits per heavy atom. The molecule has 0 bridgehead atoms. The number of nitrogens with zero attached hydrogens (tertiary/aromatic N) is 5. The van der Waals surface area contributed by atoms with E-state index in [0.717, 1.165) is 10.8 Å². The molecule has 0 saturated carbocycles. The second-order valence-electron chi connectivity index (χ2n) is 4.56. The van der Waals surface area contributed by atoms with Crippen molar-refractivity contribution in [3.05, 3.63) is 41.2 Å². The van der Waals surface area contributed by atoms with Gasteiger partial charge in [0.1, 0.15) is 6.61 Å². The van der Waals surface area contributed by atoms with Crippen LogP contribution >= 0.6 is 11.6 Å². The zero-order valence-electron chi connectivity index (χ0n) is 14.0. The SMILES string of the molecule is [2H]C([2H])([2H])OCc1cc(-c2nnc3c4ccccc4c(Cl)nn23)no1. The molecule has 0 aliphatic heterocycles. The normalized spacial score (nSPS) is 14.1. The van der Waals surface area contributed by atoms with Gasteiger partial charge < -0.3 is 9.26 Å². The van der Waals surface area contributed by atoms with Gasteiger partial charge in [-0.05, 0) is 0 Å². The molecule has 110 valence electrons. The van der Waals surface area contributed by atoms with Crippen LogP contribution in [0.4, 0.5) is 0 Å². The predicted molar refractivity (Wildman–Crippen MR) is 79.5 cm³/mol. The topological polar surface area (TPSA) is 78.3 Å². The fourth-order valence-electron chi connectivity index (χ4n) is 2.26. The molecule has 0 radical (unpaired) electrons. The maximum Gasteiger partial charge on any atom is 0.207 e. The summed E-state index contributed by atoms with van der Waals surface area (Å²) in [6.07, 6.45) is 0. The van der Waals surface area contributed by atoms with Crippen LogP contribution in [-0.4, -0.2) is 32.0 Å². The molecule has 22 heavy (non-hydrogen) atoms. The Labute approximate surface area is 133 Å². The maximum absolute atomic E-state index is 7.03. The van der Waals surface area contributed by atoms with Crippen molar-refractivity contribution in [2.45, 2.75) is 6.61 Å². The molecule has 3 aromatic heterocycles. The van der Waals surface area contributed by atoms with Gasteiger partial charge in [0.25, 0.3) is 0 Å². The summed E-state index contributed by atoms with van der Waals surface area (Å²) in [4.78, 5) is 0. The van der Waals surface area contributed by atoms with Gasteiger partial charge in [0.2, 0.25) is 5.82 Å². The molecule has 0 saturated heterocycles. The molecular formula is C14H10ClN5O2. The van der Waals surface area contributed by atoms with Crippen LogP contribution in [0.3, 0.4) is 0 Å². The second kappa shape index (κ2) is 5.04. The van der Waals surface area contributed by atoms with Crippen LogP contribution in [0, 0.1) is 0 Å². The standard InChI is InChI=1S/C14H10ClN5O2/c1-21-7-8-6-11(19-22-8)14-17-16-13-10-5-3-2-4-9(10)12(15)18-20(13)14/h2-6H,7H2,1H3/i1D3. The molecule has 7 nitrogen and oxygen atoms in total. The molecule has 3 heterocycles. The smallest absolute Gasteiger partial charge is 0.207 e. The highest BCUT2D eigenvalue weighted by atomic mass is 35.5. The van der Waals surface area contributed by atoms with Gasteiger partial charge >= 0.3 is 0 Å². The van der Waals surface area contributed by atoms with Gasteiger partial charge in [-0.1, -0.05) is 41.0 Å². The van der Waals surface area contributed by atoms with E-state index in [2.05, 4.69) is 20.5 Å². The predicted octanol–water partition coefficient (Wildman–Crippen LogP) is 2.73. The highest BCUT2D eigenvalue weighted by Crippen LogP contribution is 2.27. The van der Waals surface area contributed by atoms with Gasteiger partial charge in [-0.15, -0.1) is 10.2 Å². The van der Waals surface area contributed by atoms with Crippen LogP contribution in [0.15, 0.2) is 34.9 Å². The Morgan fingerprint density at radius 2 is 2.18 bits per heavy atom. The van der Waals surface area contributed by atoms with Crippen molar-refractivity contribution >= 4 is 28.0 Å². The lowest BCUT2D eigenvalue weighted by Crippen LogP contribution is -1.97. The third kappa shape index (κ3) is 1.94. The average molecular weight is 319 g/mol. The lowest BCUT2D eigenvalue weighted by molar-refractivity contribution is 0.156. The van der Waals surface area contributed by atoms with Crippen LogP contribution in [0.1, 0.15) is 9.87 Å². The van der Waals surface area contributed by atoms with Gasteiger partial charge in [-0.3, -0.25) is 0 Å². The van der Waals surface area contributed by atoms with Crippen molar-refractivity contribution in [1.82, 2.24) is 25.0 Å². The summed E-state index contributed by atoms with van der Waals surface area (Å²) in [5.41, 5.74) is 0.869. The molecule has 0 aliphatic carbocycles. The first kappa shape index (κ1) is 10.3. The summed E-state index contributed by atoms with van der Waals surface area (Å²) in [7, 11) is -2.51. The molecular weight excluding hydrogens is 306 g/mol. The van der Waals surface area contributed by atoms with Gasteiger partial charge in [-0.25, -0.2) is 0 Å². The number of hydrogen-bond donors (Lipinski definition) is 0. The van der Waals surface area contributed by atoms with Crippen molar-refractivity contribution in [2.24, 2.45) is 0 Å². The Morgan fingerprint density at radius 1 is 1.32 bits per heavy atom. The van der Waals surface area contributed by atoms with Crippen LogP contribution in [0.25, 0.3) is 27.9 Å². The molecule has 1 aromatic carbocycles. The number of methoxy groups -OCH3 is 1. The lowest BCUT2D eigenvalue weighted by Gasteiger charge is -2.02. The van der Waals surface area contributed by atoms with Crippen LogP contribution in [0.5, 0.6) is 0 Å². The molecule has 0 fully saturated rings. The Kier molecular flexibility index (Phi) is 2.35. The molecule has 0 aliphatic rings. The first-order valence-corrected chi connectivity index (χ1v) is 6.70. The van der Waals surface area contributed by atoms with Gasteiger partial charge in [0, 0.05) is 23.9 Å². The molecule has 0 amide bonds. The number of ether oxygens (including phenoxy) is 1. The summed E-state index contributed by atoms with van der Waals surface area (Å²) in [6.45, 7) is -0.239. The number of fused-ring (bicyclic) bond motifs is 3. The number of benzene rings is 1. The average Bonchev–Trinajstić information content (AvgIpc) is 3.19. The highest BCUT2D eigenvalue weighted by molar-refractivity contribution is 6.34. The maximum atomic E-state index is 7.03. The number of aromatic nitrogens is 5. The van der Waals surface area contributed by atoms with Crippen molar-refractivity contribution in [2.75, 3.05) is 7.04 Å². The minimum Gasteiger partial charge on any atom is -0.377 e. The molecule has 4 rings (SSSR count). The van der Waals surface area contributed by atoms with E-state index in [1.807, 2.05) is 24.3 Å². The van der Waals surface area contributed by atoms with E-state index in [0.29, 0.717) is 22.3 Å². The van der Waals surface area contributed by atoms with Gasteiger partial charge in [0.15, 0.2) is 22.3 Å². The van der Waals surface area contributed by atoms with Crippen molar-refractivity contribution < 1.29 is 13.4 Å². The van der Waals surface area contributed by atoms with E-state index in [4.69, 9.17) is 25.0 Å². The van der Waals surface area contributed by atoms with Crippen molar-refractivity contribution in [1.29, 1.82) is 0 Å². The van der Waals surface area contributed by atoms with Crippen molar-refractivity contribution in [3.8, 4) is 11.5 Å². The van der Waals surface area contributed by atoms with Gasteiger partial charge in [0.05, 0.1) is 4.11 Å². The first-order chi connectivity index (χ1) is 11.9. The van der Waals surface area contributed by atoms with E-state index in [1.165, 1.54) is 10.6 Å². The highest BCUT2D eigenvalue weighted by Gasteiger charge is 2.17. The molecule has 0 spiro atoms. The lowest BCUT2D eigenvalue weighted by atomic mass is 10.2. The zero-order chi connectivity index (χ0) is 17.6. The fraction of sp³-hybridized carbons (Fsp3) is 0.143. The van der Waals surface area contributed by atoms with Crippen LogP contribution in [0.2, 0.25) is 5.15 Å². The molecule has 4 aromatic rings. The third-order valence-electron chi connectivity index (χ3n) is 3.22. The van der Waals surface area contributed by atoms with Crippen LogP contribution < -0.4 is 0 Å². The largest absolute Gasteiger partial charge is 0.377 e. The van der Waals surface area contributed by atoms with E-state index >= 15 is 0 Å². The number of halogens is 1. The van der Waals surface area contributed by atoms with Crippen molar-refractivity contribution in [3.63, 3.8) is 0 Å². The third-order valence-corrected chi connectivity index (χ3v) is 3.50. The quantitative estimate of drug-likeness (QED) is 0.578. The molecule has 0 unspecified atom stereocenters. The minimum atomic E-state index is -2.51. The van der Waals surface area contributed by atoms with Crippen LogP contribution in [-0.2, 0) is 11.3 Å². The molecule has 8 heteroatoms. The Balaban J connectivity index is 1.77. The summed E-state index contributed by atoms with van der Waals surface area (Å²) < 4.78 is 32.3. The minimum absolute atomic E-state index is 0.239. The second-order valence-corrected chi connectivity index (χ2v) is 4.92. The van der Waals surface area contributed by atoms with E-state index in [-0.39, 0.29) is 12.4 Å². The number of rotatable bonds is 3.